The molecule has 0 saturated carbocycles. The molecule has 0 aliphatic carbocycles. The fourth-order valence-electron chi connectivity index (χ4n) is 3.69. The third kappa shape index (κ3) is 3.57. The van der Waals surface area contributed by atoms with Crippen LogP contribution < -0.4 is 14.3 Å². The van der Waals surface area contributed by atoms with Gasteiger partial charge in [-0.1, -0.05) is 13.3 Å². The molecule has 2 unspecified atom stereocenters. The minimum atomic E-state index is -4.16. The lowest BCUT2D eigenvalue weighted by Crippen LogP contribution is -2.30. The minimum Gasteiger partial charge on any atom is -0.506 e. The van der Waals surface area contributed by atoms with E-state index in [4.69, 9.17) is 0 Å². The first-order valence-corrected chi connectivity index (χ1v) is 9.81. The van der Waals surface area contributed by atoms with Gasteiger partial charge in [-0.15, -0.1) is 0 Å². The lowest BCUT2D eigenvalue weighted by molar-refractivity contribution is -0.117. The molecule has 0 bridgehead atoms. The summed E-state index contributed by atoms with van der Waals surface area (Å²) >= 11 is 0. The Bertz CT molecular complexity index is 761. The minimum absolute atomic E-state index is 0.350. The molecule has 1 aromatic carbocycles. The number of phenols is 1. The average Bonchev–Trinajstić information content (AvgIpc) is 3.03. The zero-order valence-electron chi connectivity index (χ0n) is 14.0. The normalized spacial score (nSPS) is 25.4. The van der Waals surface area contributed by atoms with E-state index in [9.17, 15) is 22.7 Å². The summed E-state index contributed by atoms with van der Waals surface area (Å²) in [4.78, 5) is 11.3. The van der Waals surface area contributed by atoms with Crippen molar-refractivity contribution in [1.82, 2.24) is 10.0 Å². The van der Waals surface area contributed by atoms with Crippen molar-refractivity contribution >= 4 is 21.8 Å². The van der Waals surface area contributed by atoms with E-state index in [-0.39, 0.29) is 0 Å². The Kier molecular flexibility index (Phi) is 4.88. The van der Waals surface area contributed by atoms with Crippen LogP contribution in [0, 0.1) is 17.7 Å². The Labute approximate surface area is 146 Å². The molecule has 0 aromatic heterocycles. The fourth-order valence-corrected chi connectivity index (χ4v) is 4.86. The molecule has 2 atom stereocenters. The molecule has 2 heterocycles. The first-order valence-electron chi connectivity index (χ1n) is 8.37. The highest BCUT2D eigenvalue weighted by atomic mass is 32.2. The van der Waals surface area contributed by atoms with Crippen molar-refractivity contribution in [2.45, 2.75) is 26.2 Å². The predicted molar refractivity (Wildman–Crippen MR) is 90.9 cm³/mol. The van der Waals surface area contributed by atoms with Crippen molar-refractivity contribution in [3.63, 3.8) is 0 Å². The number of carbonyl (C=O) groups excluding carboxylic acids is 1. The second-order valence-corrected chi connectivity index (χ2v) is 8.25. The second-order valence-electron chi connectivity index (χ2n) is 6.65. The smallest absolute Gasteiger partial charge is 0.326 e. The van der Waals surface area contributed by atoms with Crippen molar-refractivity contribution in [2.75, 3.05) is 23.9 Å². The number of rotatable bonds is 5. The van der Waals surface area contributed by atoms with E-state index in [1.165, 1.54) is 12.1 Å². The van der Waals surface area contributed by atoms with Gasteiger partial charge in [-0.05, 0) is 55.5 Å². The molecule has 2 aliphatic rings. The first kappa shape index (κ1) is 17.9. The summed E-state index contributed by atoms with van der Waals surface area (Å²) in [5.74, 6) is -1.23. The summed E-state index contributed by atoms with van der Waals surface area (Å²) in [5.41, 5.74) is 0.126. The molecule has 138 valence electrons. The molecule has 2 aliphatic heterocycles. The number of benzene rings is 1. The molecular formula is C16H22FN3O4S. The van der Waals surface area contributed by atoms with Gasteiger partial charge in [0, 0.05) is 0 Å². The molecule has 1 aromatic rings. The fraction of sp³-hybridized carbons (Fsp3) is 0.562. The van der Waals surface area contributed by atoms with Gasteiger partial charge in [-0.3, -0.25) is 4.79 Å². The average molecular weight is 371 g/mol. The van der Waals surface area contributed by atoms with Gasteiger partial charge >= 0.3 is 10.2 Å². The predicted octanol–water partition coefficient (Wildman–Crippen LogP) is 0.890. The molecule has 25 heavy (non-hydrogen) atoms. The van der Waals surface area contributed by atoms with E-state index in [0.717, 1.165) is 25.9 Å². The van der Waals surface area contributed by atoms with Crippen molar-refractivity contribution < 1.29 is 22.7 Å². The molecule has 2 saturated heterocycles. The third-order valence-electron chi connectivity index (χ3n) is 4.81. The third-order valence-corrected chi connectivity index (χ3v) is 6.19. The first-order chi connectivity index (χ1) is 11.8. The number of anilines is 1. The van der Waals surface area contributed by atoms with Crippen molar-refractivity contribution in [3.8, 4) is 5.75 Å². The van der Waals surface area contributed by atoms with Crippen LogP contribution in [0.5, 0.6) is 5.75 Å². The van der Waals surface area contributed by atoms with Crippen LogP contribution in [-0.2, 0) is 21.4 Å². The maximum absolute atomic E-state index is 14.5. The van der Waals surface area contributed by atoms with Gasteiger partial charge in [0.05, 0.1) is 0 Å². The Morgan fingerprint density at radius 3 is 2.64 bits per heavy atom. The van der Waals surface area contributed by atoms with E-state index >= 15 is 0 Å². The molecule has 9 heteroatoms. The van der Waals surface area contributed by atoms with Crippen LogP contribution in [0.4, 0.5) is 10.1 Å². The zero-order valence-corrected chi connectivity index (χ0v) is 14.8. The van der Waals surface area contributed by atoms with Crippen molar-refractivity contribution in [2.24, 2.45) is 11.8 Å². The van der Waals surface area contributed by atoms with E-state index in [1.54, 1.807) is 4.72 Å². The topological polar surface area (TPSA) is 98.7 Å². The molecule has 1 amide bonds. The Balaban J connectivity index is 1.85. The van der Waals surface area contributed by atoms with Crippen molar-refractivity contribution in [1.29, 1.82) is 0 Å². The summed E-state index contributed by atoms with van der Waals surface area (Å²) in [6.07, 6.45) is 2.77. The zero-order chi connectivity index (χ0) is 18.2. The number of aromatic hydroxyl groups is 1. The maximum Gasteiger partial charge on any atom is 0.326 e. The highest BCUT2D eigenvalue weighted by Gasteiger charge is 2.37. The second kappa shape index (κ2) is 6.80. The van der Waals surface area contributed by atoms with E-state index in [0.29, 0.717) is 28.1 Å². The van der Waals surface area contributed by atoms with Gasteiger partial charge in [-0.25, -0.2) is 13.4 Å². The van der Waals surface area contributed by atoms with Crippen LogP contribution in [0.2, 0.25) is 0 Å². The van der Waals surface area contributed by atoms with Gasteiger partial charge in [0.15, 0.2) is 5.82 Å². The van der Waals surface area contributed by atoms with Crippen LogP contribution in [0.1, 0.15) is 25.3 Å². The number of hydrogen-bond acceptors (Lipinski definition) is 5. The number of phenolic OH excluding ortho intramolecular Hbond substituents is 1. The van der Waals surface area contributed by atoms with Gasteiger partial charge in [0.1, 0.15) is 18.0 Å². The van der Waals surface area contributed by atoms with Crippen LogP contribution in [0.3, 0.4) is 0 Å². The number of carbonyl (C=O) groups is 1. The molecule has 7 nitrogen and oxygen atoms in total. The van der Waals surface area contributed by atoms with Gasteiger partial charge in [0.2, 0.25) is 0 Å². The Morgan fingerprint density at radius 2 is 2.04 bits per heavy atom. The maximum atomic E-state index is 14.5. The Hall–Kier alpha value is -1.87. The highest BCUT2D eigenvalue weighted by molar-refractivity contribution is 7.92. The Morgan fingerprint density at radius 1 is 1.32 bits per heavy atom. The number of nitrogens with one attached hydrogen (secondary N) is 2. The monoisotopic (exact) mass is 371 g/mol. The van der Waals surface area contributed by atoms with Gasteiger partial charge in [-0.2, -0.15) is 8.42 Å². The summed E-state index contributed by atoms with van der Waals surface area (Å²) in [6, 6.07) is 2.63. The van der Waals surface area contributed by atoms with Crippen LogP contribution >= 0.6 is 0 Å². The van der Waals surface area contributed by atoms with Gasteiger partial charge < -0.3 is 10.4 Å². The number of halogens is 1. The SMILES string of the molecule is CCCC1CNCC1Cc1cc(O)c(N2CC(=O)NS2(=O)=O)c(F)c1. The lowest BCUT2D eigenvalue weighted by atomic mass is 9.87. The molecule has 3 rings (SSSR count). The van der Waals surface area contributed by atoms with Crippen LogP contribution in [-0.4, -0.2) is 39.1 Å². The quantitative estimate of drug-likeness (QED) is 0.714. The summed E-state index contributed by atoms with van der Waals surface area (Å²) in [5, 5.41) is 13.5. The molecular weight excluding hydrogens is 349 g/mol. The number of nitrogens with zero attached hydrogens (tertiary/aromatic N) is 1. The molecule has 0 radical (unpaired) electrons. The van der Waals surface area contributed by atoms with E-state index in [1.807, 2.05) is 0 Å². The van der Waals surface area contributed by atoms with Gasteiger partial charge in [0.25, 0.3) is 5.91 Å². The highest BCUT2D eigenvalue weighted by Crippen LogP contribution is 2.36. The van der Waals surface area contributed by atoms with E-state index < -0.39 is 39.9 Å². The standard InChI is InChI=1S/C16H22FN3O4S/c1-2-3-11-7-18-8-12(11)4-10-5-13(17)16(14(21)6-10)20-9-15(22)19-25(20,23)24/h5-6,11-12,18,21H,2-4,7-9H2,1H3,(H,19,22). The lowest BCUT2D eigenvalue weighted by Gasteiger charge is -2.20. The molecule has 0 spiro atoms. The largest absolute Gasteiger partial charge is 0.506 e. The number of amides is 1. The summed E-state index contributed by atoms with van der Waals surface area (Å²) < 4.78 is 40.6. The van der Waals surface area contributed by atoms with Crippen LogP contribution in [0.15, 0.2) is 12.1 Å². The summed E-state index contributed by atoms with van der Waals surface area (Å²) in [7, 11) is -4.16. The summed E-state index contributed by atoms with van der Waals surface area (Å²) in [6.45, 7) is 3.36. The van der Waals surface area contributed by atoms with Crippen LogP contribution in [0.25, 0.3) is 0 Å². The molecule has 3 N–H and O–H groups in total. The molecule has 2 fully saturated rings. The number of hydrogen-bond donors (Lipinski definition) is 3. The van der Waals surface area contributed by atoms with Crippen molar-refractivity contribution in [3.05, 3.63) is 23.5 Å². The van der Waals surface area contributed by atoms with E-state index in [2.05, 4.69) is 12.2 Å².